The molecule has 2 heteroatoms. The molecule has 0 bridgehead atoms. The van der Waals surface area contributed by atoms with Crippen LogP contribution in [0.2, 0.25) is 0 Å². The van der Waals surface area contributed by atoms with Gasteiger partial charge in [0.25, 0.3) is 0 Å². The van der Waals surface area contributed by atoms with Gasteiger partial charge in [0.1, 0.15) is 0 Å². The molecule has 0 aliphatic carbocycles. The van der Waals surface area contributed by atoms with Gasteiger partial charge in [0.15, 0.2) is 0 Å². The maximum Gasteiger partial charge on any atom is 0.0362 e. The molecule has 1 nitrogen and oxygen atoms in total. The highest BCUT2D eigenvalue weighted by molar-refractivity contribution is 9.10. The van der Waals surface area contributed by atoms with Crippen molar-refractivity contribution in [3.8, 4) is 0 Å². The Bertz CT molecular complexity index is 377. The van der Waals surface area contributed by atoms with Crippen molar-refractivity contribution < 1.29 is 0 Å². The minimum atomic E-state index is 0.667. The third-order valence-corrected chi connectivity index (χ3v) is 4.83. The van der Waals surface area contributed by atoms with Gasteiger partial charge in [-0.1, -0.05) is 40.5 Å². The van der Waals surface area contributed by atoms with Gasteiger partial charge in [0.2, 0.25) is 0 Å². The van der Waals surface area contributed by atoms with Crippen molar-refractivity contribution in [2.24, 2.45) is 0 Å². The van der Waals surface area contributed by atoms with Gasteiger partial charge in [-0.05, 0) is 43.9 Å². The molecule has 2 fully saturated rings. The summed E-state index contributed by atoms with van der Waals surface area (Å²) in [7, 11) is 0. The van der Waals surface area contributed by atoms with Crippen LogP contribution in [0, 0.1) is 0 Å². The Balaban J connectivity index is 1.88. The van der Waals surface area contributed by atoms with Crippen molar-refractivity contribution in [1.82, 2.24) is 4.90 Å². The van der Waals surface area contributed by atoms with Crippen LogP contribution in [0.4, 0.5) is 0 Å². The van der Waals surface area contributed by atoms with Crippen LogP contribution >= 0.6 is 15.9 Å². The van der Waals surface area contributed by atoms with E-state index in [1.165, 1.54) is 48.7 Å². The minimum Gasteiger partial charge on any atom is -0.293 e. The summed E-state index contributed by atoms with van der Waals surface area (Å²) in [4.78, 5) is 2.74. The second-order valence-corrected chi connectivity index (χ2v) is 5.86. The van der Waals surface area contributed by atoms with Crippen LogP contribution in [-0.2, 0) is 0 Å². The third kappa shape index (κ3) is 1.82. The van der Waals surface area contributed by atoms with Gasteiger partial charge >= 0.3 is 0 Å². The SMILES string of the molecule is Brc1ccccc1[C@@H]1CC[C@@H]2CCCCN21. The Hall–Kier alpha value is -0.340. The fourth-order valence-corrected chi connectivity index (χ4v) is 3.89. The van der Waals surface area contributed by atoms with Crippen molar-refractivity contribution >= 4 is 15.9 Å². The summed E-state index contributed by atoms with van der Waals surface area (Å²) >= 11 is 3.70. The second-order valence-electron chi connectivity index (χ2n) is 5.00. The van der Waals surface area contributed by atoms with E-state index in [1.54, 1.807) is 0 Å². The van der Waals surface area contributed by atoms with Crippen molar-refractivity contribution in [1.29, 1.82) is 0 Å². The number of hydrogen-bond acceptors (Lipinski definition) is 1. The van der Waals surface area contributed by atoms with E-state index < -0.39 is 0 Å². The maximum absolute atomic E-state index is 3.70. The molecule has 0 amide bonds. The van der Waals surface area contributed by atoms with Crippen molar-refractivity contribution in [2.75, 3.05) is 6.54 Å². The molecule has 1 aromatic carbocycles. The fraction of sp³-hybridized carbons (Fsp3) is 0.571. The average molecular weight is 280 g/mol. The summed E-state index contributed by atoms with van der Waals surface area (Å²) in [5, 5.41) is 0. The van der Waals surface area contributed by atoms with Gasteiger partial charge in [0.05, 0.1) is 0 Å². The Morgan fingerprint density at radius 1 is 1.06 bits per heavy atom. The van der Waals surface area contributed by atoms with Gasteiger partial charge in [-0.15, -0.1) is 0 Å². The van der Waals surface area contributed by atoms with Crippen LogP contribution in [0.3, 0.4) is 0 Å². The van der Waals surface area contributed by atoms with Crippen molar-refractivity contribution in [3.05, 3.63) is 34.3 Å². The molecule has 86 valence electrons. The summed E-state index contributed by atoms with van der Waals surface area (Å²) < 4.78 is 1.28. The van der Waals surface area contributed by atoms with Crippen LogP contribution in [-0.4, -0.2) is 17.5 Å². The van der Waals surface area contributed by atoms with Crippen LogP contribution in [0.15, 0.2) is 28.7 Å². The van der Waals surface area contributed by atoms with E-state index in [4.69, 9.17) is 0 Å². The first-order valence-electron chi connectivity index (χ1n) is 6.36. The number of fused-ring (bicyclic) bond motifs is 1. The zero-order valence-electron chi connectivity index (χ0n) is 9.53. The lowest BCUT2D eigenvalue weighted by Gasteiger charge is -2.34. The quantitative estimate of drug-likeness (QED) is 0.747. The Labute approximate surface area is 106 Å². The van der Waals surface area contributed by atoms with E-state index in [-0.39, 0.29) is 0 Å². The van der Waals surface area contributed by atoms with E-state index in [1.807, 2.05) is 0 Å². The number of halogens is 1. The molecule has 0 unspecified atom stereocenters. The first-order chi connectivity index (χ1) is 7.86. The van der Waals surface area contributed by atoms with E-state index in [0.717, 1.165) is 6.04 Å². The smallest absolute Gasteiger partial charge is 0.0362 e. The molecule has 2 saturated heterocycles. The fourth-order valence-electron chi connectivity index (χ4n) is 3.34. The Morgan fingerprint density at radius 2 is 1.94 bits per heavy atom. The van der Waals surface area contributed by atoms with Gasteiger partial charge in [0, 0.05) is 16.6 Å². The van der Waals surface area contributed by atoms with Gasteiger partial charge in [-0.25, -0.2) is 0 Å². The molecule has 0 saturated carbocycles. The van der Waals surface area contributed by atoms with Crippen LogP contribution in [0.5, 0.6) is 0 Å². The topological polar surface area (TPSA) is 3.24 Å². The normalized spacial score (nSPS) is 30.3. The Morgan fingerprint density at radius 3 is 2.81 bits per heavy atom. The predicted octanol–water partition coefficient (Wildman–Crippen LogP) is 4.14. The Kier molecular flexibility index (Phi) is 3.03. The molecule has 0 radical (unpaired) electrons. The first-order valence-corrected chi connectivity index (χ1v) is 7.16. The van der Waals surface area contributed by atoms with Crippen molar-refractivity contribution in [3.63, 3.8) is 0 Å². The van der Waals surface area contributed by atoms with Gasteiger partial charge in [-0.3, -0.25) is 4.90 Å². The van der Waals surface area contributed by atoms with E-state index >= 15 is 0 Å². The van der Waals surface area contributed by atoms with Crippen LogP contribution < -0.4 is 0 Å². The van der Waals surface area contributed by atoms with Crippen LogP contribution in [0.1, 0.15) is 43.7 Å². The monoisotopic (exact) mass is 279 g/mol. The highest BCUT2D eigenvalue weighted by atomic mass is 79.9. The maximum atomic E-state index is 3.70. The number of hydrogen-bond donors (Lipinski definition) is 0. The molecular weight excluding hydrogens is 262 g/mol. The van der Waals surface area contributed by atoms with Gasteiger partial charge < -0.3 is 0 Å². The number of piperidine rings is 1. The van der Waals surface area contributed by atoms with Gasteiger partial charge in [-0.2, -0.15) is 0 Å². The zero-order valence-corrected chi connectivity index (χ0v) is 11.1. The predicted molar refractivity (Wildman–Crippen MR) is 70.5 cm³/mol. The standard InChI is InChI=1S/C14H18BrN/c15-13-7-2-1-6-12(13)14-9-8-11-5-3-4-10-16(11)14/h1-2,6-7,11,14H,3-5,8-10H2/t11-,14-/m0/s1. The molecule has 1 aromatic rings. The summed E-state index contributed by atoms with van der Waals surface area (Å²) in [6.45, 7) is 1.30. The molecule has 2 heterocycles. The number of benzene rings is 1. The molecule has 0 N–H and O–H groups in total. The summed E-state index contributed by atoms with van der Waals surface area (Å²) in [5.41, 5.74) is 1.49. The van der Waals surface area contributed by atoms with Crippen LogP contribution in [0.25, 0.3) is 0 Å². The highest BCUT2D eigenvalue weighted by Crippen LogP contribution is 2.42. The molecule has 0 aromatic heterocycles. The molecule has 16 heavy (non-hydrogen) atoms. The first kappa shape index (κ1) is 10.8. The third-order valence-electron chi connectivity index (χ3n) is 4.11. The molecule has 2 aliphatic rings. The zero-order chi connectivity index (χ0) is 11.0. The van der Waals surface area contributed by atoms with E-state index in [9.17, 15) is 0 Å². The lowest BCUT2D eigenvalue weighted by atomic mass is 10.0. The number of rotatable bonds is 1. The summed E-state index contributed by atoms with van der Waals surface area (Å²) in [6, 6.07) is 10.3. The number of nitrogens with zero attached hydrogens (tertiary/aromatic N) is 1. The summed E-state index contributed by atoms with van der Waals surface area (Å²) in [6.07, 6.45) is 6.97. The minimum absolute atomic E-state index is 0.667. The highest BCUT2D eigenvalue weighted by Gasteiger charge is 2.35. The molecule has 3 rings (SSSR count). The molecule has 2 aliphatic heterocycles. The molecule has 2 atom stereocenters. The average Bonchev–Trinajstić information content (AvgIpc) is 2.74. The summed E-state index contributed by atoms with van der Waals surface area (Å²) in [5.74, 6) is 0. The second kappa shape index (κ2) is 4.50. The van der Waals surface area contributed by atoms with E-state index in [0.29, 0.717) is 6.04 Å². The molecular formula is C14H18BrN. The molecule has 0 spiro atoms. The van der Waals surface area contributed by atoms with Crippen molar-refractivity contribution in [2.45, 2.75) is 44.2 Å². The lowest BCUT2D eigenvalue weighted by Crippen LogP contribution is -2.35. The lowest BCUT2D eigenvalue weighted by molar-refractivity contribution is 0.149. The largest absolute Gasteiger partial charge is 0.293 e. The van der Waals surface area contributed by atoms with E-state index in [2.05, 4.69) is 45.1 Å².